The smallest absolute Gasteiger partial charge is 0.299 e. The Labute approximate surface area is 193 Å². The second kappa shape index (κ2) is 8.28. The number of amides is 1. The van der Waals surface area contributed by atoms with Gasteiger partial charge in [0.15, 0.2) is 0 Å². The number of aliphatic hydroxyl groups is 1. The highest BCUT2D eigenvalue weighted by atomic mass is 79.9. The number of H-pyrrole nitrogens is 1. The molecule has 13 heteroatoms. The van der Waals surface area contributed by atoms with Crippen LogP contribution in [-0.2, 0) is 9.63 Å². The Kier molecular flexibility index (Phi) is 5.31. The predicted octanol–water partition coefficient (Wildman–Crippen LogP) is 4.58. The van der Waals surface area contributed by atoms with E-state index in [1.165, 1.54) is 5.06 Å². The number of anilines is 1. The minimum atomic E-state index is -0.703. The summed E-state index contributed by atoms with van der Waals surface area (Å²) in [6.07, 6.45) is 4.10. The number of benzene rings is 1. The number of amidine groups is 1. The van der Waals surface area contributed by atoms with Gasteiger partial charge in [-0.05, 0) is 51.9 Å². The van der Waals surface area contributed by atoms with Crippen LogP contribution >= 0.6 is 27.5 Å². The van der Waals surface area contributed by atoms with Crippen molar-refractivity contribution in [1.29, 1.82) is 0 Å². The molecular weight excluding hydrogens is 508 g/mol. The first kappa shape index (κ1) is 20.5. The number of nitrogens with one attached hydrogen (secondary N) is 2. The first-order chi connectivity index (χ1) is 15.5. The number of carbonyl (C=O) groups is 1. The maximum atomic E-state index is 12.8. The molecule has 2 aliphatic rings. The molecule has 0 aliphatic carbocycles. The molecule has 4 heterocycles. The third-order valence-electron chi connectivity index (χ3n) is 4.79. The Morgan fingerprint density at radius 1 is 1.34 bits per heavy atom. The molecule has 0 atom stereocenters. The van der Waals surface area contributed by atoms with Crippen LogP contribution in [0.1, 0.15) is 19.3 Å². The molecule has 2 aliphatic heterocycles. The van der Waals surface area contributed by atoms with E-state index in [0.717, 1.165) is 22.2 Å². The van der Waals surface area contributed by atoms with Crippen LogP contribution < -0.4 is 5.32 Å². The summed E-state index contributed by atoms with van der Waals surface area (Å²) in [5.74, 6) is -0.903. The lowest BCUT2D eigenvalue weighted by atomic mass is 10.1. The number of halogens is 2. The molecule has 3 aromatic rings. The maximum Gasteiger partial charge on any atom is 0.299 e. The Balaban J connectivity index is 1.43. The Bertz CT molecular complexity index is 1320. The summed E-state index contributed by atoms with van der Waals surface area (Å²) in [6.45, 7) is 0.585. The summed E-state index contributed by atoms with van der Waals surface area (Å²) in [7, 11) is 0. The largest absolute Gasteiger partial charge is 0.490 e. The predicted molar refractivity (Wildman–Crippen MR) is 118 cm³/mol. The van der Waals surface area contributed by atoms with Gasteiger partial charge in [-0.3, -0.25) is 9.42 Å². The lowest BCUT2D eigenvalue weighted by Crippen LogP contribution is -2.40. The van der Waals surface area contributed by atoms with Gasteiger partial charge in [0.1, 0.15) is 17.0 Å². The van der Waals surface area contributed by atoms with Crippen molar-refractivity contribution in [3.63, 3.8) is 0 Å². The van der Waals surface area contributed by atoms with Gasteiger partial charge in [0.05, 0.1) is 17.3 Å². The van der Waals surface area contributed by atoms with E-state index in [9.17, 15) is 9.90 Å². The number of hydrogen-bond donors (Lipinski definition) is 3. The number of fused-ring (bicyclic) bond motifs is 2. The van der Waals surface area contributed by atoms with E-state index >= 15 is 0 Å². The van der Waals surface area contributed by atoms with Gasteiger partial charge in [0, 0.05) is 17.1 Å². The number of aliphatic imine (C=N–C) groups is 1. The summed E-state index contributed by atoms with van der Waals surface area (Å²) in [6, 6.07) is 6.59. The molecule has 0 radical (unpaired) electrons. The molecule has 5 rings (SSSR count). The number of aromatic nitrogens is 3. The second-order valence-corrected chi connectivity index (χ2v) is 8.27. The second-order valence-electron chi connectivity index (χ2n) is 6.97. The van der Waals surface area contributed by atoms with Crippen molar-refractivity contribution < 1.29 is 23.9 Å². The molecule has 11 nitrogen and oxygen atoms in total. The van der Waals surface area contributed by atoms with Gasteiger partial charge in [0.25, 0.3) is 23.3 Å². The van der Waals surface area contributed by atoms with E-state index in [1.807, 2.05) is 0 Å². The molecule has 2 aromatic heterocycles. The number of aliphatic hydroxyl groups excluding tert-OH is 1. The van der Waals surface area contributed by atoms with Gasteiger partial charge in [-0.2, -0.15) is 15.2 Å². The van der Waals surface area contributed by atoms with Crippen LogP contribution in [0.15, 0.2) is 60.7 Å². The highest BCUT2D eigenvalue weighted by molar-refractivity contribution is 9.10. The third-order valence-corrected chi connectivity index (χ3v) is 5.63. The normalized spacial score (nSPS) is 15.8. The van der Waals surface area contributed by atoms with Crippen molar-refractivity contribution >= 4 is 56.2 Å². The fraction of sp³-hybridized carbons (Fsp3) is 0.211. The summed E-state index contributed by atoms with van der Waals surface area (Å²) in [5, 5.41) is 17.1. The molecule has 1 amide bonds. The van der Waals surface area contributed by atoms with Gasteiger partial charge in [-0.25, -0.2) is 4.98 Å². The molecule has 166 valence electrons. The maximum absolute atomic E-state index is 12.8. The molecule has 3 N–H and O–H groups in total. The fourth-order valence-corrected chi connectivity index (χ4v) is 3.84. The van der Waals surface area contributed by atoms with E-state index in [2.05, 4.69) is 36.4 Å². The standard InChI is InChI=1S/C19H16BrClN6O5/c20-10-8-12-19(22-9-10)31-27(32-25-12)13-5-3-4-11(15(13)21)23-17(28)16-18(29)24-14-6-1-2-7-26(14)30-16/h3-5,8-9,25,29H,1-2,6-7H2,(H,23,28). The molecule has 1 aromatic carbocycles. The number of piperidine rings is 1. The molecular formula is C19H16BrClN6O5. The summed E-state index contributed by atoms with van der Waals surface area (Å²) in [4.78, 5) is 27.6. The van der Waals surface area contributed by atoms with Crippen LogP contribution in [0.5, 0.6) is 0 Å². The van der Waals surface area contributed by atoms with E-state index in [4.69, 9.17) is 25.6 Å². The van der Waals surface area contributed by atoms with Crippen molar-refractivity contribution in [3.05, 3.63) is 51.6 Å². The van der Waals surface area contributed by atoms with Crippen molar-refractivity contribution in [2.75, 3.05) is 11.9 Å². The number of aromatic amines is 1. The van der Waals surface area contributed by atoms with E-state index < -0.39 is 11.8 Å². The fourth-order valence-electron chi connectivity index (χ4n) is 3.26. The number of hydroxylamine groups is 2. The molecule has 0 spiro atoms. The first-order valence-electron chi connectivity index (χ1n) is 9.62. The van der Waals surface area contributed by atoms with Gasteiger partial charge < -0.3 is 19.8 Å². The average molecular weight is 524 g/mol. The van der Waals surface area contributed by atoms with Crippen LogP contribution in [-0.4, -0.2) is 43.5 Å². The molecule has 0 bridgehead atoms. The number of rotatable bonds is 3. The molecule has 0 saturated carbocycles. The molecule has 1 fully saturated rings. The zero-order valence-electron chi connectivity index (χ0n) is 16.3. The zero-order valence-corrected chi connectivity index (χ0v) is 18.7. The Hall–Kier alpha value is -3.38. The number of pyridine rings is 1. The molecule has 32 heavy (non-hydrogen) atoms. The van der Waals surface area contributed by atoms with Crippen molar-refractivity contribution in [3.8, 4) is 5.69 Å². The summed E-state index contributed by atoms with van der Waals surface area (Å²) in [5.41, 5.74) is 1.33. The number of nitrogens with zero attached hydrogens (tertiary/aromatic N) is 4. The lowest BCUT2D eigenvalue weighted by molar-refractivity contribution is -0.128. The summed E-state index contributed by atoms with van der Waals surface area (Å²) < 4.78 is 11.8. The SMILES string of the molecule is O=C(Nc1cccc(-n2o[nH]c3cc(Br)cnc3o2)c1Cl)C1=C(O)N=C2CCCCN2O1. The Morgan fingerprint density at radius 2 is 2.22 bits per heavy atom. The summed E-state index contributed by atoms with van der Waals surface area (Å²) >= 11 is 9.81. The molecule has 1 saturated heterocycles. The van der Waals surface area contributed by atoms with Crippen molar-refractivity contribution in [1.82, 2.24) is 20.1 Å². The number of hydrogen-bond acceptors (Lipinski definition) is 8. The van der Waals surface area contributed by atoms with Crippen LogP contribution in [0.3, 0.4) is 0 Å². The topological polar surface area (TPSA) is 134 Å². The van der Waals surface area contributed by atoms with E-state index in [1.54, 1.807) is 30.5 Å². The van der Waals surface area contributed by atoms with Crippen LogP contribution in [0.25, 0.3) is 16.9 Å². The zero-order chi connectivity index (χ0) is 22.2. The quantitative estimate of drug-likeness (QED) is 0.457. The minimum absolute atomic E-state index is 0.126. The van der Waals surface area contributed by atoms with Crippen molar-refractivity contribution in [2.45, 2.75) is 19.3 Å². The monoisotopic (exact) mass is 522 g/mol. The molecule has 0 unspecified atom stereocenters. The highest BCUT2D eigenvalue weighted by Crippen LogP contribution is 2.31. The minimum Gasteiger partial charge on any atom is -0.490 e. The van der Waals surface area contributed by atoms with Gasteiger partial charge in [-0.15, -0.1) is 0 Å². The number of carbonyl (C=O) groups excluding carboxylic acids is 1. The first-order valence-corrected chi connectivity index (χ1v) is 10.8. The van der Waals surface area contributed by atoms with Gasteiger partial charge in [-0.1, -0.05) is 17.7 Å². The van der Waals surface area contributed by atoms with Crippen LogP contribution in [0.2, 0.25) is 5.02 Å². The Morgan fingerprint density at radius 3 is 3.09 bits per heavy atom. The van der Waals surface area contributed by atoms with E-state index in [-0.39, 0.29) is 22.2 Å². The van der Waals surface area contributed by atoms with Crippen LogP contribution in [0, 0.1) is 0 Å². The van der Waals surface area contributed by atoms with Gasteiger partial charge >= 0.3 is 0 Å². The van der Waals surface area contributed by atoms with Gasteiger partial charge in [0.2, 0.25) is 0 Å². The van der Waals surface area contributed by atoms with Crippen LogP contribution in [0.4, 0.5) is 5.69 Å². The average Bonchev–Trinajstić information content (AvgIpc) is 2.79. The third kappa shape index (κ3) is 3.82. The van der Waals surface area contributed by atoms with E-state index in [0.29, 0.717) is 30.0 Å². The lowest BCUT2D eigenvalue weighted by Gasteiger charge is -2.32. The van der Waals surface area contributed by atoms with Crippen molar-refractivity contribution in [2.24, 2.45) is 4.99 Å². The highest BCUT2D eigenvalue weighted by Gasteiger charge is 2.30.